The molecule has 2 aromatic carbocycles. The minimum absolute atomic E-state index is 0.163. The predicted molar refractivity (Wildman–Crippen MR) is 78.6 cm³/mol. The molecule has 0 aliphatic carbocycles. The molecule has 0 radical (unpaired) electrons. The van der Waals surface area contributed by atoms with Crippen molar-refractivity contribution in [1.29, 1.82) is 0 Å². The first-order valence-electron chi connectivity index (χ1n) is 6.77. The Morgan fingerprint density at radius 3 is 2.58 bits per heavy atom. The lowest BCUT2D eigenvalue weighted by molar-refractivity contribution is 0.631. The number of nitrogens with one attached hydrogen (secondary N) is 1. The van der Waals surface area contributed by atoms with Crippen molar-refractivity contribution in [3.05, 3.63) is 59.4 Å². The van der Waals surface area contributed by atoms with E-state index in [1.165, 1.54) is 11.6 Å². The zero-order chi connectivity index (χ0) is 13.7. The van der Waals surface area contributed by atoms with Crippen molar-refractivity contribution >= 4 is 0 Å². The number of hydrogen-bond donors (Lipinski definition) is 1. The summed E-state index contributed by atoms with van der Waals surface area (Å²) >= 11 is 0. The Labute approximate surface area is 114 Å². The molecule has 0 amide bonds. The molecule has 0 aliphatic heterocycles. The summed E-state index contributed by atoms with van der Waals surface area (Å²) in [5, 5.41) is 3.37. The van der Waals surface area contributed by atoms with E-state index >= 15 is 0 Å². The summed E-state index contributed by atoms with van der Waals surface area (Å²) in [7, 11) is 0. The molecule has 100 valence electrons. The second-order valence-corrected chi connectivity index (χ2v) is 4.81. The quantitative estimate of drug-likeness (QED) is 0.787. The molecule has 0 heterocycles. The molecule has 0 spiro atoms. The number of halogens is 1. The Morgan fingerprint density at radius 1 is 1.05 bits per heavy atom. The lowest BCUT2D eigenvalue weighted by Gasteiger charge is -2.10. The topological polar surface area (TPSA) is 12.0 Å². The second-order valence-electron chi connectivity index (χ2n) is 4.81. The van der Waals surface area contributed by atoms with E-state index in [1.54, 1.807) is 6.07 Å². The fourth-order valence-electron chi connectivity index (χ4n) is 2.16. The number of hydrogen-bond acceptors (Lipinski definition) is 1. The van der Waals surface area contributed by atoms with Crippen molar-refractivity contribution < 1.29 is 4.39 Å². The third-order valence-electron chi connectivity index (χ3n) is 3.22. The van der Waals surface area contributed by atoms with Gasteiger partial charge in [0.05, 0.1) is 0 Å². The minimum Gasteiger partial charge on any atom is -0.313 e. The fourth-order valence-corrected chi connectivity index (χ4v) is 2.16. The van der Waals surface area contributed by atoms with Crippen LogP contribution in [0.5, 0.6) is 0 Å². The standard InChI is InChI=1S/C17H20FN/c1-3-10-19-12-14-9-8-13(2)16(11-14)15-6-4-5-7-17(15)18/h4-9,11,19H,3,10,12H2,1-2H3. The highest BCUT2D eigenvalue weighted by molar-refractivity contribution is 5.68. The van der Waals surface area contributed by atoms with Crippen molar-refractivity contribution in [3.63, 3.8) is 0 Å². The molecule has 2 rings (SSSR count). The van der Waals surface area contributed by atoms with Gasteiger partial charge in [-0.1, -0.05) is 37.3 Å². The van der Waals surface area contributed by atoms with Crippen LogP contribution in [0.1, 0.15) is 24.5 Å². The maximum Gasteiger partial charge on any atom is 0.131 e. The van der Waals surface area contributed by atoms with Crippen LogP contribution in [0.4, 0.5) is 4.39 Å². The molecule has 0 bridgehead atoms. The van der Waals surface area contributed by atoms with E-state index in [1.807, 2.05) is 19.1 Å². The predicted octanol–water partition coefficient (Wildman–Crippen LogP) is 4.30. The van der Waals surface area contributed by atoms with E-state index in [-0.39, 0.29) is 5.82 Å². The van der Waals surface area contributed by atoms with E-state index in [0.717, 1.165) is 30.6 Å². The van der Waals surface area contributed by atoms with Gasteiger partial charge < -0.3 is 5.32 Å². The van der Waals surface area contributed by atoms with E-state index in [4.69, 9.17) is 0 Å². The van der Waals surface area contributed by atoms with Crippen LogP contribution in [0.2, 0.25) is 0 Å². The molecule has 1 nitrogen and oxygen atoms in total. The SMILES string of the molecule is CCCNCc1ccc(C)c(-c2ccccc2F)c1. The van der Waals surface area contributed by atoms with Crippen LogP contribution in [0.15, 0.2) is 42.5 Å². The summed E-state index contributed by atoms with van der Waals surface area (Å²) in [5.74, 6) is -0.163. The monoisotopic (exact) mass is 257 g/mol. The summed E-state index contributed by atoms with van der Waals surface area (Å²) in [6.45, 7) is 6.00. The van der Waals surface area contributed by atoms with Gasteiger partial charge in [0.2, 0.25) is 0 Å². The third kappa shape index (κ3) is 3.42. The molecule has 0 unspecified atom stereocenters. The van der Waals surface area contributed by atoms with E-state index in [0.29, 0.717) is 5.56 Å². The van der Waals surface area contributed by atoms with Gasteiger partial charge in [-0.15, -0.1) is 0 Å². The van der Waals surface area contributed by atoms with Crippen LogP contribution in [0.3, 0.4) is 0 Å². The Balaban J connectivity index is 2.30. The molecule has 0 fully saturated rings. The minimum atomic E-state index is -0.163. The summed E-state index contributed by atoms with van der Waals surface area (Å²) in [6.07, 6.45) is 1.12. The first kappa shape index (κ1) is 13.8. The van der Waals surface area contributed by atoms with E-state index in [2.05, 4.69) is 30.4 Å². The first-order chi connectivity index (χ1) is 9.22. The smallest absolute Gasteiger partial charge is 0.131 e. The largest absolute Gasteiger partial charge is 0.313 e. The van der Waals surface area contributed by atoms with Crippen LogP contribution >= 0.6 is 0 Å². The highest BCUT2D eigenvalue weighted by atomic mass is 19.1. The number of rotatable bonds is 5. The molecule has 0 aromatic heterocycles. The lowest BCUT2D eigenvalue weighted by Crippen LogP contribution is -2.13. The molecule has 0 aliphatic rings. The maximum atomic E-state index is 13.9. The number of benzene rings is 2. The Bertz CT molecular complexity index is 549. The van der Waals surface area contributed by atoms with Crippen LogP contribution in [-0.2, 0) is 6.54 Å². The van der Waals surface area contributed by atoms with Crippen LogP contribution in [0, 0.1) is 12.7 Å². The molecular weight excluding hydrogens is 237 g/mol. The highest BCUT2D eigenvalue weighted by Gasteiger charge is 2.07. The van der Waals surface area contributed by atoms with Gasteiger partial charge in [-0.05, 0) is 48.7 Å². The average molecular weight is 257 g/mol. The molecule has 0 saturated carbocycles. The average Bonchev–Trinajstić information content (AvgIpc) is 2.42. The number of aryl methyl sites for hydroxylation is 1. The van der Waals surface area contributed by atoms with Gasteiger partial charge in [-0.2, -0.15) is 0 Å². The molecular formula is C17H20FN. The maximum absolute atomic E-state index is 13.9. The summed E-state index contributed by atoms with van der Waals surface area (Å²) in [5.41, 5.74) is 3.95. The molecule has 0 saturated heterocycles. The lowest BCUT2D eigenvalue weighted by atomic mass is 9.97. The summed E-state index contributed by atoms with van der Waals surface area (Å²) < 4.78 is 13.9. The zero-order valence-corrected chi connectivity index (χ0v) is 11.5. The van der Waals surface area contributed by atoms with Gasteiger partial charge in [0.1, 0.15) is 5.82 Å². The van der Waals surface area contributed by atoms with Gasteiger partial charge in [0.15, 0.2) is 0 Å². The Morgan fingerprint density at radius 2 is 1.84 bits per heavy atom. The Hall–Kier alpha value is -1.67. The van der Waals surface area contributed by atoms with Crippen molar-refractivity contribution in [1.82, 2.24) is 5.32 Å². The highest BCUT2D eigenvalue weighted by Crippen LogP contribution is 2.26. The van der Waals surface area contributed by atoms with Crippen molar-refractivity contribution in [2.45, 2.75) is 26.8 Å². The van der Waals surface area contributed by atoms with Crippen molar-refractivity contribution in [3.8, 4) is 11.1 Å². The molecule has 2 heteroatoms. The molecule has 0 atom stereocenters. The van der Waals surface area contributed by atoms with Gasteiger partial charge >= 0.3 is 0 Å². The van der Waals surface area contributed by atoms with Crippen LogP contribution < -0.4 is 5.32 Å². The third-order valence-corrected chi connectivity index (χ3v) is 3.22. The summed E-state index contributed by atoms with van der Waals surface area (Å²) in [6, 6.07) is 13.2. The van der Waals surface area contributed by atoms with Crippen molar-refractivity contribution in [2.24, 2.45) is 0 Å². The van der Waals surface area contributed by atoms with Gasteiger partial charge in [0.25, 0.3) is 0 Å². The normalized spacial score (nSPS) is 10.7. The fraction of sp³-hybridized carbons (Fsp3) is 0.294. The zero-order valence-electron chi connectivity index (χ0n) is 11.5. The molecule has 2 aromatic rings. The second kappa shape index (κ2) is 6.48. The van der Waals surface area contributed by atoms with Gasteiger partial charge in [0, 0.05) is 12.1 Å². The molecule has 1 N–H and O–H groups in total. The Kier molecular flexibility index (Phi) is 4.69. The van der Waals surface area contributed by atoms with E-state index < -0.39 is 0 Å². The van der Waals surface area contributed by atoms with Gasteiger partial charge in [-0.3, -0.25) is 0 Å². The molecule has 19 heavy (non-hydrogen) atoms. The summed E-state index contributed by atoms with van der Waals surface area (Å²) in [4.78, 5) is 0. The van der Waals surface area contributed by atoms with Gasteiger partial charge in [-0.25, -0.2) is 4.39 Å². The van der Waals surface area contributed by atoms with Crippen LogP contribution in [-0.4, -0.2) is 6.54 Å². The first-order valence-corrected chi connectivity index (χ1v) is 6.77. The van der Waals surface area contributed by atoms with Crippen LogP contribution in [0.25, 0.3) is 11.1 Å². The van der Waals surface area contributed by atoms with Crippen molar-refractivity contribution in [2.75, 3.05) is 6.54 Å². The van der Waals surface area contributed by atoms with E-state index in [9.17, 15) is 4.39 Å².